The zero-order valence-corrected chi connectivity index (χ0v) is 32.9. The molecule has 4 saturated heterocycles. The number of benzene rings is 2. The van der Waals surface area contributed by atoms with Crippen LogP contribution in [-0.2, 0) is 25.7 Å². The molecule has 4 fully saturated rings. The van der Waals surface area contributed by atoms with Crippen LogP contribution in [0.25, 0.3) is 22.2 Å². The normalized spacial score (nSPS) is 24.2. The van der Waals surface area contributed by atoms with Crippen molar-refractivity contribution in [3.05, 3.63) is 71.0 Å². The minimum atomic E-state index is -0.806. The summed E-state index contributed by atoms with van der Waals surface area (Å²) in [5.74, 6) is 0.729. The first-order chi connectivity index (χ1) is 27.8. The topological polar surface area (TPSA) is 147 Å². The molecule has 2 aromatic carbocycles. The molecule has 13 nitrogen and oxygen atoms in total. The van der Waals surface area contributed by atoms with Crippen molar-refractivity contribution < 1.29 is 19.2 Å². The third-order valence-corrected chi connectivity index (χ3v) is 13.3. The number of likely N-dealkylation sites (tertiary alicyclic amines) is 2. The van der Waals surface area contributed by atoms with E-state index in [1.54, 1.807) is 11.1 Å². The van der Waals surface area contributed by atoms with E-state index in [4.69, 9.17) is 16.6 Å². The van der Waals surface area contributed by atoms with Crippen LogP contribution in [0.1, 0.15) is 62.1 Å². The Morgan fingerprint density at radius 3 is 2.47 bits per heavy atom. The molecule has 0 bridgehead atoms. The minimum absolute atomic E-state index is 0.221. The molecule has 298 valence electrons. The average molecular weight is 792 g/mol. The maximum Gasteiger partial charge on any atom is 0.243 e. The number of H-pyrrole nitrogens is 1. The van der Waals surface area contributed by atoms with Gasteiger partial charge >= 0.3 is 0 Å². The van der Waals surface area contributed by atoms with Gasteiger partial charge in [0.15, 0.2) is 6.29 Å². The third kappa shape index (κ3) is 7.95. The van der Waals surface area contributed by atoms with Gasteiger partial charge < -0.3 is 25.0 Å². The highest BCUT2D eigenvalue weighted by Crippen LogP contribution is 2.40. The molecule has 3 atom stereocenters. The summed E-state index contributed by atoms with van der Waals surface area (Å²) in [5.41, 5.74) is 5.58. The van der Waals surface area contributed by atoms with Gasteiger partial charge in [0.05, 0.1) is 23.0 Å². The van der Waals surface area contributed by atoms with Crippen LogP contribution in [0.2, 0.25) is 5.02 Å². The Morgan fingerprint density at radius 2 is 1.68 bits per heavy atom. The molecule has 0 radical (unpaired) electrons. The molecule has 0 aliphatic carbocycles. The number of carbonyl (C=O) groups is 4. The SMILES string of the molecule is O=CC(=O)C1c2cc(N3CCC(CN4CCC(CN5CCC(Nc6ncc(Cl)c(-c7c[nH]c8ccccc78)n6)C5)CC4)CC3)ccc2CN1C1CCC(=O)NC1=O. The fraction of sp³-hybridized carbons (Fsp3) is 0.488. The van der Waals surface area contributed by atoms with Gasteiger partial charge in [-0.2, -0.15) is 0 Å². The summed E-state index contributed by atoms with van der Waals surface area (Å²) in [4.78, 5) is 71.3. The number of fused-ring (bicyclic) bond motifs is 2. The molecule has 0 spiro atoms. The van der Waals surface area contributed by atoms with E-state index in [1.807, 2.05) is 30.5 Å². The molecule has 0 saturated carbocycles. The standard InChI is InChI=1S/C43H50ClN9O4/c44-35-21-46-43(49-40(35)34-20-45-36-4-2-1-3-32(34)36)47-30-13-16-51(25-30)23-27-9-14-50(15-10-27)22-28-11-17-52(18-12-28)31-6-5-29-24-53(37-7-8-39(56)48-42(37)57)41(33(29)19-31)38(55)26-54/h1-6,19-21,26-28,30,37,41,45H,7-18,22-25H2,(H,46,47,49)(H,48,56,57). The number of nitrogens with one attached hydrogen (secondary N) is 3. The molecule has 5 aliphatic heterocycles. The van der Waals surface area contributed by atoms with Crippen LogP contribution in [0.5, 0.6) is 0 Å². The molecule has 57 heavy (non-hydrogen) atoms. The van der Waals surface area contributed by atoms with E-state index in [-0.39, 0.29) is 12.3 Å². The maximum absolute atomic E-state index is 12.9. The number of nitrogens with zero attached hydrogens (tertiary/aromatic N) is 6. The van der Waals surface area contributed by atoms with Crippen molar-refractivity contribution >= 4 is 58.0 Å². The van der Waals surface area contributed by atoms with Gasteiger partial charge in [0.25, 0.3) is 0 Å². The summed E-state index contributed by atoms with van der Waals surface area (Å²) in [6.07, 6.45) is 10.3. The van der Waals surface area contributed by atoms with Gasteiger partial charge in [0.1, 0.15) is 6.04 Å². The summed E-state index contributed by atoms with van der Waals surface area (Å²) >= 11 is 6.58. The second-order valence-electron chi connectivity index (χ2n) is 16.6. The van der Waals surface area contributed by atoms with Crippen molar-refractivity contribution in [1.29, 1.82) is 0 Å². The van der Waals surface area contributed by atoms with Crippen LogP contribution < -0.4 is 15.5 Å². The fourth-order valence-electron chi connectivity index (χ4n) is 9.96. The van der Waals surface area contributed by atoms with Gasteiger partial charge in [0, 0.05) is 86.6 Å². The number of aromatic amines is 1. The van der Waals surface area contributed by atoms with E-state index in [0.29, 0.717) is 48.1 Å². The molecule has 2 amide bonds. The molecular formula is C43H50ClN9O4. The highest BCUT2D eigenvalue weighted by Gasteiger charge is 2.43. The van der Waals surface area contributed by atoms with E-state index < -0.39 is 23.8 Å². The van der Waals surface area contributed by atoms with E-state index in [9.17, 15) is 19.2 Å². The predicted molar refractivity (Wildman–Crippen MR) is 219 cm³/mol. The van der Waals surface area contributed by atoms with Crippen LogP contribution in [0.4, 0.5) is 11.6 Å². The van der Waals surface area contributed by atoms with Crippen molar-refractivity contribution in [2.75, 3.05) is 62.6 Å². The zero-order chi connectivity index (χ0) is 39.0. The van der Waals surface area contributed by atoms with Gasteiger partial charge in [0.2, 0.25) is 23.5 Å². The Labute approximate surface area is 337 Å². The first-order valence-corrected chi connectivity index (χ1v) is 20.9. The van der Waals surface area contributed by atoms with E-state index in [1.165, 1.54) is 12.8 Å². The molecule has 2 aromatic heterocycles. The second-order valence-corrected chi connectivity index (χ2v) is 17.1. The number of hydrogen-bond donors (Lipinski definition) is 3. The lowest BCUT2D eigenvalue weighted by Gasteiger charge is -2.39. The summed E-state index contributed by atoms with van der Waals surface area (Å²) in [7, 11) is 0. The fourth-order valence-corrected chi connectivity index (χ4v) is 10.2. The maximum atomic E-state index is 12.9. The van der Waals surface area contributed by atoms with Gasteiger partial charge in [-0.05, 0) is 92.8 Å². The molecule has 14 heteroatoms. The van der Waals surface area contributed by atoms with Crippen molar-refractivity contribution in [3.8, 4) is 11.3 Å². The highest BCUT2D eigenvalue weighted by molar-refractivity contribution is 6.33. The van der Waals surface area contributed by atoms with Gasteiger partial charge in [-0.3, -0.25) is 29.4 Å². The lowest BCUT2D eigenvalue weighted by molar-refractivity contribution is -0.141. The number of Topliss-reactive ketones (excluding diaryl/α,β-unsaturated/α-hetero) is 1. The number of halogens is 1. The summed E-state index contributed by atoms with van der Waals surface area (Å²) in [5, 5.41) is 7.62. The monoisotopic (exact) mass is 791 g/mol. The Hall–Kier alpha value is -4.69. The number of imide groups is 1. The second kappa shape index (κ2) is 16.3. The number of rotatable bonds is 11. The lowest BCUT2D eigenvalue weighted by Crippen LogP contribution is -2.52. The summed E-state index contributed by atoms with van der Waals surface area (Å²) in [6, 6.07) is 13.2. The Kier molecular flexibility index (Phi) is 10.8. The number of hydrogen-bond acceptors (Lipinski definition) is 11. The average Bonchev–Trinajstić information content (AvgIpc) is 3.96. The quantitative estimate of drug-likeness (QED) is 0.109. The number of para-hydroxylation sites is 1. The van der Waals surface area contributed by atoms with Crippen LogP contribution in [0, 0.1) is 11.8 Å². The summed E-state index contributed by atoms with van der Waals surface area (Å²) in [6.45, 7) is 8.93. The molecule has 7 heterocycles. The number of ketones is 1. The Balaban J connectivity index is 0.726. The van der Waals surface area contributed by atoms with Gasteiger partial charge in [-0.1, -0.05) is 35.9 Å². The first kappa shape index (κ1) is 37.9. The highest BCUT2D eigenvalue weighted by atomic mass is 35.5. The van der Waals surface area contributed by atoms with Gasteiger partial charge in [-0.25, -0.2) is 9.97 Å². The van der Waals surface area contributed by atoms with E-state index >= 15 is 0 Å². The smallest absolute Gasteiger partial charge is 0.243 e. The predicted octanol–water partition coefficient (Wildman–Crippen LogP) is 4.82. The Bertz CT molecular complexity index is 2160. The van der Waals surface area contributed by atoms with E-state index in [0.717, 1.165) is 111 Å². The third-order valence-electron chi connectivity index (χ3n) is 13.0. The number of piperidine rings is 3. The Morgan fingerprint density at radius 1 is 0.930 bits per heavy atom. The molecule has 4 aromatic rings. The van der Waals surface area contributed by atoms with Crippen LogP contribution >= 0.6 is 11.6 Å². The van der Waals surface area contributed by atoms with E-state index in [2.05, 4.69) is 53.5 Å². The number of amides is 2. The van der Waals surface area contributed by atoms with Crippen LogP contribution in [0.3, 0.4) is 0 Å². The first-order valence-electron chi connectivity index (χ1n) is 20.6. The lowest BCUT2D eigenvalue weighted by atomic mass is 9.92. The molecular weight excluding hydrogens is 742 g/mol. The molecule has 3 N–H and O–H groups in total. The van der Waals surface area contributed by atoms with Crippen molar-refractivity contribution in [2.45, 2.75) is 69.6 Å². The molecule has 9 rings (SSSR count). The molecule has 3 unspecified atom stereocenters. The van der Waals surface area contributed by atoms with Crippen LogP contribution in [0.15, 0.2) is 54.9 Å². The number of anilines is 2. The number of aromatic nitrogens is 3. The summed E-state index contributed by atoms with van der Waals surface area (Å²) < 4.78 is 0. The molecule has 5 aliphatic rings. The largest absolute Gasteiger partial charge is 0.372 e. The van der Waals surface area contributed by atoms with Crippen molar-refractivity contribution in [1.82, 2.24) is 35.0 Å². The number of carbonyl (C=O) groups excluding carboxylic acids is 4. The van der Waals surface area contributed by atoms with Crippen LogP contribution in [-0.4, -0.2) is 118 Å². The van der Waals surface area contributed by atoms with Crippen molar-refractivity contribution in [2.24, 2.45) is 11.8 Å². The number of aldehydes is 1. The van der Waals surface area contributed by atoms with Gasteiger partial charge in [-0.15, -0.1) is 0 Å². The zero-order valence-electron chi connectivity index (χ0n) is 32.2. The van der Waals surface area contributed by atoms with Crippen molar-refractivity contribution in [3.63, 3.8) is 0 Å². The minimum Gasteiger partial charge on any atom is -0.372 e.